The summed E-state index contributed by atoms with van der Waals surface area (Å²) in [6.07, 6.45) is 5.73. The van der Waals surface area contributed by atoms with E-state index in [2.05, 4.69) is 18.4 Å². The lowest BCUT2D eigenvalue weighted by molar-refractivity contribution is 0.161. The molecule has 0 amide bonds. The Bertz CT molecular complexity index is 215. The first-order valence-electron chi connectivity index (χ1n) is 5.12. The van der Waals surface area contributed by atoms with E-state index in [4.69, 9.17) is 10.6 Å². The Labute approximate surface area is 79.3 Å². The Morgan fingerprint density at radius 2 is 2.46 bits per heavy atom. The Hall–Kier alpha value is -0.540. The number of ether oxygens (including phenoxy) is 1. The van der Waals surface area contributed by atoms with Crippen LogP contribution in [-0.4, -0.2) is 12.6 Å². The van der Waals surface area contributed by atoms with Crippen LogP contribution in [0, 0.1) is 11.8 Å². The van der Waals surface area contributed by atoms with Gasteiger partial charge in [0, 0.05) is 0 Å². The van der Waals surface area contributed by atoms with Gasteiger partial charge in [-0.15, -0.1) is 0 Å². The molecule has 0 spiro atoms. The Morgan fingerprint density at radius 1 is 1.69 bits per heavy atom. The number of nitrogens with two attached hydrogens (primary N) is 1. The van der Waals surface area contributed by atoms with E-state index in [0.29, 0.717) is 5.92 Å². The third kappa shape index (κ3) is 1.86. The standard InChI is InChI=1S/C10H18N2O/c1-7-6-8(7)10(12-11)9-4-2-3-5-13-9/h4,7-8,10,12H,2-3,5-6,11H2,1H3. The van der Waals surface area contributed by atoms with Crippen LogP contribution in [-0.2, 0) is 4.74 Å². The second kappa shape index (κ2) is 3.68. The van der Waals surface area contributed by atoms with Gasteiger partial charge in [-0.25, -0.2) is 5.43 Å². The highest BCUT2D eigenvalue weighted by atomic mass is 16.5. The van der Waals surface area contributed by atoms with E-state index in [1.165, 1.54) is 6.42 Å². The monoisotopic (exact) mass is 182 g/mol. The van der Waals surface area contributed by atoms with E-state index in [9.17, 15) is 0 Å². The molecular weight excluding hydrogens is 164 g/mol. The normalized spacial score (nSPS) is 34.8. The van der Waals surface area contributed by atoms with Gasteiger partial charge in [-0.05, 0) is 37.2 Å². The number of hydrogen-bond donors (Lipinski definition) is 2. The summed E-state index contributed by atoms with van der Waals surface area (Å²) in [5.41, 5.74) is 2.87. The Morgan fingerprint density at radius 3 is 2.92 bits per heavy atom. The van der Waals surface area contributed by atoms with E-state index in [1.54, 1.807) is 0 Å². The molecule has 0 saturated heterocycles. The summed E-state index contributed by atoms with van der Waals surface area (Å²) in [7, 11) is 0. The van der Waals surface area contributed by atoms with Crippen LogP contribution in [0.5, 0.6) is 0 Å². The van der Waals surface area contributed by atoms with Crippen molar-refractivity contribution in [3.8, 4) is 0 Å². The van der Waals surface area contributed by atoms with Crippen LogP contribution < -0.4 is 11.3 Å². The summed E-state index contributed by atoms with van der Waals surface area (Å²) in [6.45, 7) is 3.11. The topological polar surface area (TPSA) is 47.3 Å². The number of allylic oxidation sites excluding steroid dienone is 1. The van der Waals surface area contributed by atoms with Gasteiger partial charge in [0.1, 0.15) is 5.76 Å². The minimum absolute atomic E-state index is 0.260. The van der Waals surface area contributed by atoms with Gasteiger partial charge in [-0.2, -0.15) is 0 Å². The van der Waals surface area contributed by atoms with Crippen LogP contribution in [0.4, 0.5) is 0 Å². The Balaban J connectivity index is 1.99. The average molecular weight is 182 g/mol. The smallest absolute Gasteiger partial charge is 0.111 e. The van der Waals surface area contributed by atoms with E-state index in [0.717, 1.165) is 31.1 Å². The zero-order chi connectivity index (χ0) is 9.26. The third-order valence-corrected chi connectivity index (χ3v) is 3.05. The largest absolute Gasteiger partial charge is 0.497 e. The van der Waals surface area contributed by atoms with E-state index >= 15 is 0 Å². The molecule has 3 nitrogen and oxygen atoms in total. The molecule has 13 heavy (non-hydrogen) atoms. The molecule has 3 atom stereocenters. The van der Waals surface area contributed by atoms with E-state index in [1.807, 2.05) is 0 Å². The molecule has 74 valence electrons. The maximum Gasteiger partial charge on any atom is 0.111 e. The SMILES string of the molecule is CC1CC1C(NN)C1=CCCCO1. The minimum Gasteiger partial charge on any atom is -0.497 e. The quantitative estimate of drug-likeness (QED) is 0.509. The summed E-state index contributed by atoms with van der Waals surface area (Å²) < 4.78 is 5.60. The predicted octanol–water partition coefficient (Wildman–Crippen LogP) is 1.17. The first-order chi connectivity index (χ1) is 6.33. The predicted molar refractivity (Wildman–Crippen MR) is 51.7 cm³/mol. The molecule has 0 bridgehead atoms. The van der Waals surface area contributed by atoms with Crippen molar-refractivity contribution in [3.63, 3.8) is 0 Å². The summed E-state index contributed by atoms with van der Waals surface area (Å²) >= 11 is 0. The lowest BCUT2D eigenvalue weighted by atomic mass is 10.1. The van der Waals surface area contributed by atoms with Crippen molar-refractivity contribution < 1.29 is 4.74 Å². The van der Waals surface area contributed by atoms with Gasteiger partial charge >= 0.3 is 0 Å². The Kier molecular flexibility index (Phi) is 2.56. The van der Waals surface area contributed by atoms with Gasteiger partial charge < -0.3 is 4.74 Å². The highest BCUT2D eigenvalue weighted by molar-refractivity contribution is 5.11. The van der Waals surface area contributed by atoms with Crippen LogP contribution in [0.2, 0.25) is 0 Å². The fraction of sp³-hybridized carbons (Fsp3) is 0.800. The van der Waals surface area contributed by atoms with Gasteiger partial charge in [0.05, 0.1) is 12.6 Å². The third-order valence-electron chi connectivity index (χ3n) is 3.05. The molecule has 1 fully saturated rings. The summed E-state index contributed by atoms with van der Waals surface area (Å²) in [6, 6.07) is 0.260. The average Bonchev–Trinajstić information content (AvgIpc) is 2.86. The zero-order valence-corrected chi connectivity index (χ0v) is 8.12. The summed E-state index contributed by atoms with van der Waals surface area (Å²) in [5.74, 6) is 8.10. The van der Waals surface area contributed by atoms with Crippen molar-refractivity contribution in [1.29, 1.82) is 0 Å². The molecule has 1 aliphatic carbocycles. The van der Waals surface area contributed by atoms with Crippen molar-refractivity contribution in [1.82, 2.24) is 5.43 Å². The van der Waals surface area contributed by atoms with E-state index < -0.39 is 0 Å². The van der Waals surface area contributed by atoms with Crippen LogP contribution in [0.15, 0.2) is 11.8 Å². The molecule has 1 heterocycles. The molecule has 0 aromatic carbocycles. The molecule has 1 aliphatic heterocycles. The first-order valence-corrected chi connectivity index (χ1v) is 5.12. The highest BCUT2D eigenvalue weighted by Crippen LogP contribution is 2.43. The summed E-state index contributed by atoms with van der Waals surface area (Å²) in [5, 5.41) is 0. The molecule has 3 N–H and O–H groups in total. The fourth-order valence-corrected chi connectivity index (χ4v) is 2.03. The molecular formula is C10H18N2O. The van der Waals surface area contributed by atoms with Crippen molar-refractivity contribution in [2.45, 2.75) is 32.2 Å². The van der Waals surface area contributed by atoms with Gasteiger partial charge in [0.25, 0.3) is 0 Å². The molecule has 0 radical (unpaired) electrons. The molecule has 2 rings (SSSR count). The van der Waals surface area contributed by atoms with Crippen molar-refractivity contribution in [3.05, 3.63) is 11.8 Å². The van der Waals surface area contributed by atoms with Crippen LogP contribution in [0.25, 0.3) is 0 Å². The van der Waals surface area contributed by atoms with Gasteiger partial charge in [-0.3, -0.25) is 5.84 Å². The molecule has 2 aliphatic rings. The van der Waals surface area contributed by atoms with Crippen molar-refractivity contribution >= 4 is 0 Å². The molecule has 3 unspecified atom stereocenters. The van der Waals surface area contributed by atoms with Crippen molar-refractivity contribution in [2.75, 3.05) is 6.61 Å². The molecule has 0 aromatic heterocycles. The lowest BCUT2D eigenvalue weighted by Crippen LogP contribution is -2.40. The molecule has 3 heteroatoms. The van der Waals surface area contributed by atoms with Gasteiger partial charge in [-0.1, -0.05) is 6.92 Å². The van der Waals surface area contributed by atoms with Crippen LogP contribution in [0.1, 0.15) is 26.2 Å². The van der Waals surface area contributed by atoms with Crippen LogP contribution >= 0.6 is 0 Å². The summed E-state index contributed by atoms with van der Waals surface area (Å²) in [4.78, 5) is 0. The van der Waals surface area contributed by atoms with Gasteiger partial charge in [0.15, 0.2) is 0 Å². The molecule has 1 saturated carbocycles. The maximum atomic E-state index is 5.60. The number of nitrogens with one attached hydrogen (secondary N) is 1. The highest BCUT2D eigenvalue weighted by Gasteiger charge is 2.41. The minimum atomic E-state index is 0.260. The molecule has 0 aromatic rings. The lowest BCUT2D eigenvalue weighted by Gasteiger charge is -2.23. The van der Waals surface area contributed by atoms with Gasteiger partial charge in [0.2, 0.25) is 0 Å². The second-order valence-corrected chi connectivity index (χ2v) is 4.12. The number of rotatable bonds is 3. The van der Waals surface area contributed by atoms with Crippen molar-refractivity contribution in [2.24, 2.45) is 17.7 Å². The maximum absolute atomic E-state index is 5.60. The number of hydrogen-bond acceptors (Lipinski definition) is 3. The van der Waals surface area contributed by atoms with E-state index in [-0.39, 0.29) is 6.04 Å². The first kappa shape index (κ1) is 9.03. The fourth-order valence-electron chi connectivity index (χ4n) is 2.03. The number of hydrazine groups is 1. The van der Waals surface area contributed by atoms with Crippen LogP contribution in [0.3, 0.4) is 0 Å². The zero-order valence-electron chi connectivity index (χ0n) is 8.12. The second-order valence-electron chi connectivity index (χ2n) is 4.12.